The molecule has 0 bridgehead atoms. The first-order chi connectivity index (χ1) is 5.77. The van der Waals surface area contributed by atoms with E-state index in [1.807, 2.05) is 6.07 Å². The zero-order chi connectivity index (χ0) is 8.55. The number of fused-ring (bicyclic) bond motifs is 1. The van der Waals surface area contributed by atoms with Gasteiger partial charge in [0.1, 0.15) is 5.84 Å². The van der Waals surface area contributed by atoms with Crippen LogP contribution in [-0.2, 0) is 11.2 Å². The fourth-order valence-corrected chi connectivity index (χ4v) is 1.19. The number of carbonyl (C=O) groups excluding carboxylic acids is 1. The van der Waals surface area contributed by atoms with Gasteiger partial charge in [-0.1, -0.05) is 0 Å². The van der Waals surface area contributed by atoms with Gasteiger partial charge in [-0.15, -0.1) is 0 Å². The van der Waals surface area contributed by atoms with Gasteiger partial charge in [-0.05, 0) is 12.1 Å². The topological polar surface area (TPSA) is 68.3 Å². The summed E-state index contributed by atoms with van der Waals surface area (Å²) in [6, 6.07) is 3.59. The number of carbonyl (C=O) groups is 1. The lowest BCUT2D eigenvalue weighted by Crippen LogP contribution is -2.24. The van der Waals surface area contributed by atoms with Crippen LogP contribution in [0.4, 0.5) is 0 Å². The summed E-state index contributed by atoms with van der Waals surface area (Å²) in [5, 5.41) is 0. The van der Waals surface area contributed by atoms with Gasteiger partial charge in [-0.25, -0.2) is 0 Å². The first kappa shape index (κ1) is 6.97. The molecule has 2 rings (SSSR count). The number of nitrogens with two attached hydrogens (primary N) is 1. The van der Waals surface area contributed by atoms with E-state index in [1.54, 1.807) is 12.3 Å². The Bertz CT molecular complexity index is 370. The number of pyridine rings is 1. The summed E-state index contributed by atoms with van der Waals surface area (Å²) in [5.74, 6) is 0.0491. The lowest BCUT2D eigenvalue weighted by molar-refractivity contribution is -0.117. The smallest absolute Gasteiger partial charge is 0.253 e. The molecule has 1 aromatic heterocycles. The second-order valence-electron chi connectivity index (χ2n) is 2.57. The largest absolute Gasteiger partial charge is 0.383 e. The third-order valence-corrected chi connectivity index (χ3v) is 1.73. The molecule has 0 radical (unpaired) electrons. The maximum absolute atomic E-state index is 10.9. The summed E-state index contributed by atoms with van der Waals surface area (Å²) >= 11 is 0. The number of amidine groups is 1. The Labute approximate surface area is 69.1 Å². The van der Waals surface area contributed by atoms with Gasteiger partial charge in [0.15, 0.2) is 0 Å². The van der Waals surface area contributed by atoms with E-state index < -0.39 is 0 Å². The standard InChI is InChI=1S/C8H7N3O/c9-8-5-2-1-3-10-6(5)4-7(12)11-8/h1-3H,4H2,(H2,9,11,12). The van der Waals surface area contributed by atoms with Crippen molar-refractivity contribution in [3.63, 3.8) is 0 Å². The second kappa shape index (κ2) is 2.41. The molecule has 4 nitrogen and oxygen atoms in total. The van der Waals surface area contributed by atoms with Crippen LogP contribution in [0.2, 0.25) is 0 Å². The summed E-state index contributed by atoms with van der Waals surface area (Å²) in [5.41, 5.74) is 7.02. The van der Waals surface area contributed by atoms with Gasteiger partial charge in [-0.2, -0.15) is 4.99 Å². The monoisotopic (exact) mass is 161 g/mol. The van der Waals surface area contributed by atoms with E-state index in [0.717, 1.165) is 11.3 Å². The lowest BCUT2D eigenvalue weighted by Gasteiger charge is -2.10. The van der Waals surface area contributed by atoms with E-state index in [-0.39, 0.29) is 18.2 Å². The molecule has 0 unspecified atom stereocenters. The van der Waals surface area contributed by atoms with Crippen molar-refractivity contribution in [2.45, 2.75) is 6.42 Å². The van der Waals surface area contributed by atoms with Crippen LogP contribution in [0.25, 0.3) is 0 Å². The number of hydrogen-bond acceptors (Lipinski definition) is 3. The number of aromatic nitrogens is 1. The number of nitrogens with zero attached hydrogens (tertiary/aromatic N) is 2. The molecule has 60 valence electrons. The van der Waals surface area contributed by atoms with Gasteiger partial charge in [0.2, 0.25) is 0 Å². The molecule has 0 aromatic carbocycles. The normalized spacial score (nSPS) is 15.3. The average molecular weight is 161 g/mol. The van der Waals surface area contributed by atoms with Crippen LogP contribution in [0.1, 0.15) is 11.3 Å². The SMILES string of the molecule is NC1=NC(=O)Cc2ncccc21. The number of rotatable bonds is 0. The molecule has 1 amide bonds. The van der Waals surface area contributed by atoms with Crippen LogP contribution >= 0.6 is 0 Å². The molecule has 12 heavy (non-hydrogen) atoms. The van der Waals surface area contributed by atoms with Crippen molar-refractivity contribution in [2.75, 3.05) is 0 Å². The van der Waals surface area contributed by atoms with Gasteiger partial charge in [-0.3, -0.25) is 9.78 Å². The van der Waals surface area contributed by atoms with Gasteiger partial charge in [0, 0.05) is 11.8 Å². The maximum Gasteiger partial charge on any atom is 0.253 e. The molecule has 1 aliphatic heterocycles. The molecule has 0 fully saturated rings. The molecule has 0 spiro atoms. The van der Waals surface area contributed by atoms with Gasteiger partial charge in [0.05, 0.1) is 12.1 Å². The summed E-state index contributed by atoms with van der Waals surface area (Å²) in [4.78, 5) is 18.6. The van der Waals surface area contributed by atoms with E-state index in [0.29, 0.717) is 0 Å². The quantitative estimate of drug-likeness (QED) is 0.576. The third-order valence-electron chi connectivity index (χ3n) is 1.73. The number of amides is 1. The zero-order valence-electron chi connectivity index (χ0n) is 6.32. The Morgan fingerprint density at radius 3 is 3.17 bits per heavy atom. The maximum atomic E-state index is 10.9. The van der Waals surface area contributed by atoms with E-state index in [2.05, 4.69) is 9.98 Å². The molecule has 0 atom stereocenters. The first-order valence-electron chi connectivity index (χ1n) is 3.58. The van der Waals surface area contributed by atoms with Crippen molar-refractivity contribution in [1.82, 2.24) is 4.98 Å². The van der Waals surface area contributed by atoms with E-state index in [1.165, 1.54) is 0 Å². The first-order valence-corrected chi connectivity index (χ1v) is 3.58. The number of hydrogen-bond donors (Lipinski definition) is 1. The molecule has 1 aliphatic rings. The van der Waals surface area contributed by atoms with E-state index in [4.69, 9.17) is 5.73 Å². The highest BCUT2D eigenvalue weighted by molar-refractivity contribution is 6.08. The molecular weight excluding hydrogens is 154 g/mol. The van der Waals surface area contributed by atoms with Crippen molar-refractivity contribution in [1.29, 1.82) is 0 Å². The fourth-order valence-electron chi connectivity index (χ4n) is 1.19. The Kier molecular flexibility index (Phi) is 1.40. The average Bonchev–Trinajstić information content (AvgIpc) is 2.04. The zero-order valence-corrected chi connectivity index (χ0v) is 6.32. The summed E-state index contributed by atoms with van der Waals surface area (Å²) < 4.78 is 0. The van der Waals surface area contributed by atoms with Crippen LogP contribution in [0.15, 0.2) is 23.3 Å². The summed E-state index contributed by atoms with van der Waals surface area (Å²) in [6.07, 6.45) is 1.90. The van der Waals surface area contributed by atoms with Crippen molar-refractivity contribution >= 4 is 11.7 Å². The Hall–Kier alpha value is -1.71. The molecule has 2 heterocycles. The predicted octanol–water partition coefficient (Wildman–Crippen LogP) is -0.130. The van der Waals surface area contributed by atoms with E-state index in [9.17, 15) is 4.79 Å². The third kappa shape index (κ3) is 0.972. The predicted molar refractivity (Wildman–Crippen MR) is 43.7 cm³/mol. The van der Waals surface area contributed by atoms with Crippen molar-refractivity contribution in [3.8, 4) is 0 Å². The lowest BCUT2D eigenvalue weighted by atomic mass is 10.1. The van der Waals surface area contributed by atoms with Crippen LogP contribution in [-0.4, -0.2) is 16.7 Å². The molecule has 4 heteroatoms. The minimum Gasteiger partial charge on any atom is -0.383 e. The summed E-state index contributed by atoms with van der Waals surface area (Å²) in [6.45, 7) is 0. The molecule has 0 saturated carbocycles. The molecule has 1 aromatic rings. The van der Waals surface area contributed by atoms with Crippen LogP contribution < -0.4 is 5.73 Å². The van der Waals surface area contributed by atoms with E-state index >= 15 is 0 Å². The highest BCUT2D eigenvalue weighted by Crippen LogP contribution is 2.10. The second-order valence-corrected chi connectivity index (χ2v) is 2.57. The minimum absolute atomic E-state index is 0.223. The van der Waals surface area contributed by atoms with Crippen LogP contribution in [0.5, 0.6) is 0 Å². The van der Waals surface area contributed by atoms with Crippen LogP contribution in [0.3, 0.4) is 0 Å². The van der Waals surface area contributed by atoms with Crippen molar-refractivity contribution in [3.05, 3.63) is 29.6 Å². The molecule has 0 aliphatic carbocycles. The number of aliphatic imine (C=N–C) groups is 1. The van der Waals surface area contributed by atoms with Crippen LogP contribution in [0, 0.1) is 0 Å². The molecule has 0 saturated heterocycles. The molecule has 2 N–H and O–H groups in total. The molecular formula is C8H7N3O. The highest BCUT2D eigenvalue weighted by atomic mass is 16.1. The fraction of sp³-hybridized carbons (Fsp3) is 0.125. The van der Waals surface area contributed by atoms with Crippen molar-refractivity contribution < 1.29 is 4.79 Å². The Morgan fingerprint density at radius 2 is 2.33 bits per heavy atom. The van der Waals surface area contributed by atoms with Gasteiger partial charge >= 0.3 is 0 Å². The minimum atomic E-state index is -0.223. The van der Waals surface area contributed by atoms with Gasteiger partial charge in [0.25, 0.3) is 5.91 Å². The van der Waals surface area contributed by atoms with Gasteiger partial charge < -0.3 is 5.73 Å². The van der Waals surface area contributed by atoms with Crippen molar-refractivity contribution in [2.24, 2.45) is 10.7 Å². The highest BCUT2D eigenvalue weighted by Gasteiger charge is 2.16. The Morgan fingerprint density at radius 1 is 1.50 bits per heavy atom. The summed E-state index contributed by atoms with van der Waals surface area (Å²) in [7, 11) is 0. The Balaban J connectivity index is 2.60.